The molecule has 0 unspecified atom stereocenters. The predicted octanol–water partition coefficient (Wildman–Crippen LogP) is 6.02. The summed E-state index contributed by atoms with van der Waals surface area (Å²) in [5, 5.41) is 5.75. The van der Waals surface area contributed by atoms with Gasteiger partial charge in [-0.15, -0.1) is 0 Å². The average molecular weight is 496 g/mol. The van der Waals surface area contributed by atoms with Gasteiger partial charge in [0, 0.05) is 24.5 Å². The first-order valence-electron chi connectivity index (χ1n) is 12.0. The van der Waals surface area contributed by atoms with E-state index in [2.05, 4.69) is 10.6 Å². The van der Waals surface area contributed by atoms with Crippen molar-refractivity contribution in [1.29, 1.82) is 0 Å². The van der Waals surface area contributed by atoms with E-state index < -0.39 is 0 Å². The summed E-state index contributed by atoms with van der Waals surface area (Å²) in [5.41, 5.74) is 2.40. The smallest absolute Gasteiger partial charge is 0.326 e. The van der Waals surface area contributed by atoms with Crippen LogP contribution in [0.2, 0.25) is 0 Å². The summed E-state index contributed by atoms with van der Waals surface area (Å²) in [6, 6.07) is 33.1. The van der Waals surface area contributed by atoms with Gasteiger partial charge in [0.2, 0.25) is 0 Å². The Labute approximate surface area is 216 Å². The van der Waals surface area contributed by atoms with Gasteiger partial charge >= 0.3 is 6.03 Å². The fraction of sp³-hybridized carbons (Fsp3) is 0.133. The lowest BCUT2D eigenvalue weighted by Crippen LogP contribution is -2.42. The number of hydrogen-bond donors (Lipinski definition) is 2. The topological polar surface area (TPSA) is 79.9 Å². The van der Waals surface area contributed by atoms with Crippen LogP contribution < -0.4 is 25.0 Å². The summed E-state index contributed by atoms with van der Waals surface area (Å²) in [4.78, 5) is 27.1. The van der Waals surface area contributed by atoms with E-state index in [-0.39, 0.29) is 31.6 Å². The minimum Gasteiger partial charge on any atom is -0.484 e. The molecule has 0 aromatic heterocycles. The van der Waals surface area contributed by atoms with Crippen molar-refractivity contribution < 1.29 is 19.1 Å². The number of anilines is 2. The zero-order chi connectivity index (χ0) is 25.9. The number of para-hydroxylation sites is 2. The molecule has 4 aromatic rings. The lowest BCUT2D eigenvalue weighted by molar-refractivity contribution is -0.123. The minimum atomic E-state index is -0.308. The third-order valence-electron chi connectivity index (χ3n) is 5.41. The molecular formula is C30H29N3O4. The largest absolute Gasteiger partial charge is 0.484 e. The first kappa shape index (κ1) is 25.3. The molecule has 0 aliphatic heterocycles. The number of carbonyl (C=O) groups is 2. The Hall–Kier alpha value is -4.78. The normalized spacial score (nSPS) is 10.3. The molecule has 2 N–H and O–H groups in total. The molecule has 7 nitrogen and oxygen atoms in total. The van der Waals surface area contributed by atoms with Crippen LogP contribution in [0.4, 0.5) is 16.2 Å². The number of hydrogen-bond acceptors (Lipinski definition) is 4. The summed E-state index contributed by atoms with van der Waals surface area (Å²) >= 11 is 0. The third kappa shape index (κ3) is 7.86. The summed E-state index contributed by atoms with van der Waals surface area (Å²) in [7, 11) is 0. The predicted molar refractivity (Wildman–Crippen MR) is 145 cm³/mol. The minimum absolute atomic E-state index is 0.106. The molecule has 0 fully saturated rings. The van der Waals surface area contributed by atoms with Gasteiger partial charge in [0.1, 0.15) is 17.2 Å². The maximum atomic E-state index is 13.2. The summed E-state index contributed by atoms with van der Waals surface area (Å²) in [5.74, 6) is 1.73. The van der Waals surface area contributed by atoms with Crippen LogP contribution in [-0.4, -0.2) is 31.6 Å². The van der Waals surface area contributed by atoms with E-state index in [4.69, 9.17) is 9.47 Å². The molecule has 4 aromatic carbocycles. The van der Waals surface area contributed by atoms with E-state index in [9.17, 15) is 9.59 Å². The average Bonchev–Trinajstić information content (AvgIpc) is 2.92. The molecule has 0 spiro atoms. The lowest BCUT2D eigenvalue weighted by atomic mass is 10.2. The molecule has 0 saturated heterocycles. The van der Waals surface area contributed by atoms with Gasteiger partial charge in [0.15, 0.2) is 6.61 Å². The molecular weight excluding hydrogens is 466 g/mol. The van der Waals surface area contributed by atoms with Crippen LogP contribution in [0.15, 0.2) is 109 Å². The van der Waals surface area contributed by atoms with Crippen LogP contribution in [0.25, 0.3) is 0 Å². The van der Waals surface area contributed by atoms with E-state index >= 15 is 0 Å². The van der Waals surface area contributed by atoms with Crippen LogP contribution in [0, 0.1) is 6.92 Å². The quantitative estimate of drug-likeness (QED) is 0.282. The van der Waals surface area contributed by atoms with Crippen LogP contribution in [-0.2, 0) is 4.79 Å². The van der Waals surface area contributed by atoms with Gasteiger partial charge in [0.25, 0.3) is 5.91 Å². The number of carbonyl (C=O) groups excluding carboxylic acids is 2. The number of rotatable bonds is 10. The summed E-state index contributed by atoms with van der Waals surface area (Å²) in [6.45, 7) is 2.37. The molecule has 0 atom stereocenters. The van der Waals surface area contributed by atoms with Gasteiger partial charge < -0.3 is 20.1 Å². The Kier molecular flexibility index (Phi) is 8.75. The van der Waals surface area contributed by atoms with Crippen molar-refractivity contribution in [3.63, 3.8) is 0 Å². The van der Waals surface area contributed by atoms with Gasteiger partial charge in [-0.2, -0.15) is 0 Å². The van der Waals surface area contributed by atoms with E-state index in [1.54, 1.807) is 17.0 Å². The zero-order valence-electron chi connectivity index (χ0n) is 20.6. The summed E-state index contributed by atoms with van der Waals surface area (Å²) < 4.78 is 11.4. The number of nitrogens with zero attached hydrogens (tertiary/aromatic N) is 1. The van der Waals surface area contributed by atoms with Gasteiger partial charge in [-0.25, -0.2) is 4.79 Å². The third-order valence-corrected chi connectivity index (χ3v) is 5.41. The van der Waals surface area contributed by atoms with Crippen LogP contribution in [0.3, 0.4) is 0 Å². The van der Waals surface area contributed by atoms with Crippen LogP contribution >= 0.6 is 0 Å². The van der Waals surface area contributed by atoms with E-state index in [1.807, 2.05) is 104 Å². The molecule has 37 heavy (non-hydrogen) atoms. The number of amides is 3. The molecule has 0 aliphatic carbocycles. The highest BCUT2D eigenvalue weighted by Crippen LogP contribution is 2.25. The highest BCUT2D eigenvalue weighted by Gasteiger charge is 2.17. The van der Waals surface area contributed by atoms with Crippen molar-refractivity contribution in [2.24, 2.45) is 0 Å². The first-order chi connectivity index (χ1) is 18.1. The molecule has 0 bridgehead atoms. The molecule has 188 valence electrons. The molecule has 0 saturated carbocycles. The van der Waals surface area contributed by atoms with E-state index in [0.717, 1.165) is 11.3 Å². The van der Waals surface area contributed by atoms with Crippen molar-refractivity contribution >= 4 is 23.3 Å². The fourth-order valence-corrected chi connectivity index (χ4v) is 3.60. The Balaban J connectivity index is 1.40. The SMILES string of the molecule is Cc1cccc(NC(=O)N(CCNC(=O)COc2ccccc2)c2ccc(Oc3ccccc3)cc2)c1. The highest BCUT2D eigenvalue weighted by molar-refractivity contribution is 6.01. The summed E-state index contributed by atoms with van der Waals surface area (Å²) in [6.07, 6.45) is 0. The Morgan fingerprint density at radius 1 is 0.757 bits per heavy atom. The monoisotopic (exact) mass is 495 g/mol. The van der Waals surface area contributed by atoms with Crippen molar-refractivity contribution in [3.05, 3.63) is 115 Å². The number of benzene rings is 4. The fourth-order valence-electron chi connectivity index (χ4n) is 3.60. The number of urea groups is 1. The molecule has 0 heterocycles. The molecule has 3 amide bonds. The van der Waals surface area contributed by atoms with Crippen molar-refractivity contribution in [2.45, 2.75) is 6.92 Å². The van der Waals surface area contributed by atoms with Crippen LogP contribution in [0.5, 0.6) is 17.2 Å². The second-order valence-corrected chi connectivity index (χ2v) is 8.31. The number of ether oxygens (including phenoxy) is 2. The Bertz CT molecular complexity index is 1300. The van der Waals surface area contributed by atoms with Crippen LogP contribution in [0.1, 0.15) is 5.56 Å². The van der Waals surface area contributed by atoms with Crippen molar-refractivity contribution in [1.82, 2.24) is 5.32 Å². The first-order valence-corrected chi connectivity index (χ1v) is 12.0. The molecule has 4 rings (SSSR count). The Morgan fingerprint density at radius 2 is 1.41 bits per heavy atom. The van der Waals surface area contributed by atoms with Gasteiger partial charge in [-0.3, -0.25) is 9.69 Å². The molecule has 7 heteroatoms. The standard InChI is InChI=1S/C30H29N3O4/c1-23-9-8-10-24(21-23)32-30(35)33(20-19-31-29(34)22-36-26-11-4-2-5-12-26)25-15-17-28(18-16-25)37-27-13-6-3-7-14-27/h2-18,21H,19-20,22H2,1H3,(H,31,34)(H,32,35). The van der Waals surface area contributed by atoms with Crippen molar-refractivity contribution in [3.8, 4) is 17.2 Å². The van der Waals surface area contributed by atoms with Gasteiger partial charge in [-0.05, 0) is 73.2 Å². The lowest BCUT2D eigenvalue weighted by Gasteiger charge is -2.24. The van der Waals surface area contributed by atoms with Gasteiger partial charge in [-0.1, -0.05) is 48.5 Å². The second kappa shape index (κ2) is 12.8. The van der Waals surface area contributed by atoms with Gasteiger partial charge in [0.05, 0.1) is 0 Å². The number of nitrogens with one attached hydrogen (secondary N) is 2. The second-order valence-electron chi connectivity index (χ2n) is 8.31. The Morgan fingerprint density at radius 3 is 2.08 bits per heavy atom. The van der Waals surface area contributed by atoms with E-state index in [0.29, 0.717) is 22.9 Å². The molecule has 0 aliphatic rings. The molecule has 0 radical (unpaired) electrons. The van der Waals surface area contributed by atoms with Crippen molar-refractivity contribution in [2.75, 3.05) is 29.9 Å². The highest BCUT2D eigenvalue weighted by atomic mass is 16.5. The van der Waals surface area contributed by atoms with E-state index in [1.165, 1.54) is 0 Å². The zero-order valence-corrected chi connectivity index (χ0v) is 20.6. The number of aryl methyl sites for hydroxylation is 1. The maximum absolute atomic E-state index is 13.2. The maximum Gasteiger partial charge on any atom is 0.326 e.